The molecule has 0 unspecified atom stereocenters. The van der Waals surface area contributed by atoms with Crippen LogP contribution in [0, 0.1) is 5.41 Å². The van der Waals surface area contributed by atoms with Gasteiger partial charge in [0.05, 0.1) is 17.1 Å². The second-order valence-electron chi connectivity index (χ2n) is 5.23. The number of thioether (sulfide) groups is 1. The van der Waals surface area contributed by atoms with E-state index in [0.29, 0.717) is 16.8 Å². The third kappa shape index (κ3) is 2.88. The van der Waals surface area contributed by atoms with Gasteiger partial charge in [-0.15, -0.1) is 11.8 Å². The van der Waals surface area contributed by atoms with Gasteiger partial charge in [0.25, 0.3) is 0 Å². The number of hydrogen-bond acceptors (Lipinski definition) is 4. The predicted molar refractivity (Wildman–Crippen MR) is 77.8 cm³/mol. The van der Waals surface area contributed by atoms with Crippen LogP contribution in [0.5, 0.6) is 0 Å². The van der Waals surface area contributed by atoms with Crippen molar-refractivity contribution in [3.63, 3.8) is 0 Å². The Labute approximate surface area is 107 Å². The molecule has 1 aliphatic rings. The highest BCUT2D eigenvalue weighted by Gasteiger charge is 2.23. The lowest BCUT2D eigenvalue weighted by molar-refractivity contribution is 0.418. The molecule has 0 saturated heterocycles. The summed E-state index contributed by atoms with van der Waals surface area (Å²) in [6.45, 7) is 4.55. The Bertz CT molecular complexity index is 452. The normalized spacial score (nSPS) is 18.6. The number of nitrogens with one attached hydrogen (secondary N) is 1. The molecule has 2 rings (SSSR count). The average molecular weight is 249 g/mol. The quantitative estimate of drug-likeness (QED) is 0.704. The molecule has 0 amide bonds. The number of anilines is 3. The summed E-state index contributed by atoms with van der Waals surface area (Å²) in [7, 11) is 0. The molecule has 1 heterocycles. The Morgan fingerprint density at radius 1 is 1.29 bits per heavy atom. The van der Waals surface area contributed by atoms with Crippen LogP contribution in [-0.4, -0.2) is 5.75 Å². The fourth-order valence-electron chi connectivity index (χ4n) is 1.91. The van der Waals surface area contributed by atoms with Crippen LogP contribution in [-0.2, 0) is 0 Å². The fourth-order valence-corrected chi connectivity index (χ4v) is 2.89. The van der Waals surface area contributed by atoms with E-state index in [9.17, 15) is 0 Å². The second kappa shape index (κ2) is 4.53. The maximum absolute atomic E-state index is 5.95. The van der Waals surface area contributed by atoms with E-state index in [4.69, 9.17) is 11.5 Å². The Morgan fingerprint density at radius 2 is 2.06 bits per heavy atom. The van der Waals surface area contributed by atoms with Crippen molar-refractivity contribution in [3.05, 3.63) is 29.3 Å². The topological polar surface area (TPSA) is 64.1 Å². The molecular weight excluding hydrogens is 230 g/mol. The van der Waals surface area contributed by atoms with Crippen molar-refractivity contribution in [3.8, 4) is 0 Å². The average Bonchev–Trinajstić information content (AvgIpc) is 2.23. The molecule has 1 aromatic carbocycles. The first-order chi connectivity index (χ1) is 7.98. The van der Waals surface area contributed by atoms with Crippen LogP contribution in [0.15, 0.2) is 29.3 Å². The van der Waals surface area contributed by atoms with Crippen LogP contribution in [0.25, 0.3) is 0 Å². The molecule has 0 bridgehead atoms. The molecule has 0 spiro atoms. The SMILES string of the molecule is CC1(C)CSC=C(Nc2cccc(N)c2N)C1. The summed E-state index contributed by atoms with van der Waals surface area (Å²) in [6, 6.07) is 5.68. The van der Waals surface area contributed by atoms with Gasteiger partial charge in [0, 0.05) is 11.4 Å². The molecule has 1 aliphatic heterocycles. The van der Waals surface area contributed by atoms with Crippen molar-refractivity contribution in [2.75, 3.05) is 22.5 Å². The van der Waals surface area contributed by atoms with Crippen LogP contribution in [0.2, 0.25) is 0 Å². The Morgan fingerprint density at radius 3 is 2.76 bits per heavy atom. The Kier molecular flexibility index (Phi) is 3.24. The van der Waals surface area contributed by atoms with Crippen molar-refractivity contribution in [1.82, 2.24) is 0 Å². The van der Waals surface area contributed by atoms with Gasteiger partial charge in [-0.3, -0.25) is 0 Å². The number of hydrogen-bond donors (Lipinski definition) is 3. The minimum absolute atomic E-state index is 0.330. The highest BCUT2D eigenvalue weighted by atomic mass is 32.2. The lowest BCUT2D eigenvalue weighted by Gasteiger charge is -2.29. The largest absolute Gasteiger partial charge is 0.397 e. The maximum atomic E-state index is 5.95. The molecule has 3 nitrogen and oxygen atoms in total. The number of allylic oxidation sites excluding steroid dienone is 1. The van der Waals surface area contributed by atoms with Crippen LogP contribution < -0.4 is 16.8 Å². The number of benzene rings is 1. The fraction of sp³-hybridized carbons (Fsp3) is 0.385. The Hall–Kier alpha value is -1.29. The number of nitrogen functional groups attached to an aromatic ring is 2. The number of nitrogens with two attached hydrogens (primary N) is 2. The van der Waals surface area contributed by atoms with Crippen molar-refractivity contribution >= 4 is 28.8 Å². The minimum Gasteiger partial charge on any atom is -0.397 e. The van der Waals surface area contributed by atoms with E-state index in [1.54, 1.807) is 0 Å². The van der Waals surface area contributed by atoms with E-state index in [-0.39, 0.29) is 0 Å². The summed E-state index contributed by atoms with van der Waals surface area (Å²) in [4.78, 5) is 0. The maximum Gasteiger partial charge on any atom is 0.0786 e. The van der Waals surface area contributed by atoms with E-state index in [1.807, 2.05) is 30.0 Å². The summed E-state index contributed by atoms with van der Waals surface area (Å²) < 4.78 is 0. The van der Waals surface area contributed by atoms with Gasteiger partial charge in [-0.05, 0) is 29.4 Å². The van der Waals surface area contributed by atoms with Gasteiger partial charge < -0.3 is 16.8 Å². The lowest BCUT2D eigenvalue weighted by Crippen LogP contribution is -2.21. The number of para-hydroxylation sites is 1. The van der Waals surface area contributed by atoms with Gasteiger partial charge in [-0.25, -0.2) is 0 Å². The van der Waals surface area contributed by atoms with Crippen molar-refractivity contribution in [2.24, 2.45) is 5.41 Å². The molecule has 5 N–H and O–H groups in total. The minimum atomic E-state index is 0.330. The van der Waals surface area contributed by atoms with Gasteiger partial charge in [0.15, 0.2) is 0 Å². The molecule has 1 aromatic rings. The van der Waals surface area contributed by atoms with E-state index >= 15 is 0 Å². The highest BCUT2D eigenvalue weighted by molar-refractivity contribution is 8.02. The standard InChI is InChI=1S/C13H19N3S/c1-13(2)6-9(7-17-8-13)16-11-5-3-4-10(14)12(11)15/h3-5,7,16H,6,8,14-15H2,1-2H3. The molecule has 0 radical (unpaired) electrons. The van der Waals surface area contributed by atoms with Crippen LogP contribution in [0.1, 0.15) is 20.3 Å². The molecule has 4 heteroatoms. The first-order valence-corrected chi connectivity index (χ1v) is 6.74. The van der Waals surface area contributed by atoms with Crippen LogP contribution in [0.4, 0.5) is 17.1 Å². The van der Waals surface area contributed by atoms with Gasteiger partial charge in [0.1, 0.15) is 0 Å². The molecule has 0 aliphatic carbocycles. The summed E-state index contributed by atoms with van der Waals surface area (Å²) in [5.74, 6) is 1.16. The monoisotopic (exact) mass is 249 g/mol. The van der Waals surface area contributed by atoms with E-state index in [1.165, 1.54) is 5.70 Å². The van der Waals surface area contributed by atoms with Gasteiger partial charge in [-0.2, -0.15) is 0 Å². The second-order valence-corrected chi connectivity index (χ2v) is 6.09. The molecule has 17 heavy (non-hydrogen) atoms. The molecule has 0 atom stereocenters. The summed E-state index contributed by atoms with van der Waals surface area (Å²) >= 11 is 1.84. The zero-order chi connectivity index (χ0) is 12.5. The van der Waals surface area contributed by atoms with Crippen LogP contribution >= 0.6 is 11.8 Å². The zero-order valence-electron chi connectivity index (χ0n) is 10.3. The van der Waals surface area contributed by atoms with E-state index < -0.39 is 0 Å². The molecule has 92 valence electrons. The summed E-state index contributed by atoms with van der Waals surface area (Å²) in [6.07, 6.45) is 1.04. The summed E-state index contributed by atoms with van der Waals surface area (Å²) in [5.41, 5.74) is 15.4. The van der Waals surface area contributed by atoms with Gasteiger partial charge >= 0.3 is 0 Å². The van der Waals surface area contributed by atoms with E-state index in [0.717, 1.165) is 17.9 Å². The lowest BCUT2D eigenvalue weighted by atomic mass is 9.90. The predicted octanol–water partition coefficient (Wildman–Crippen LogP) is 3.27. The first-order valence-electron chi connectivity index (χ1n) is 5.70. The van der Waals surface area contributed by atoms with E-state index in [2.05, 4.69) is 24.6 Å². The van der Waals surface area contributed by atoms with Crippen molar-refractivity contribution < 1.29 is 0 Å². The third-order valence-electron chi connectivity index (χ3n) is 2.80. The van der Waals surface area contributed by atoms with Gasteiger partial charge in [-0.1, -0.05) is 19.9 Å². The summed E-state index contributed by atoms with van der Waals surface area (Å²) in [5, 5.41) is 5.56. The zero-order valence-corrected chi connectivity index (χ0v) is 11.1. The molecule has 0 fully saturated rings. The number of rotatable bonds is 2. The van der Waals surface area contributed by atoms with Crippen LogP contribution in [0.3, 0.4) is 0 Å². The third-order valence-corrected chi connectivity index (χ3v) is 4.20. The highest BCUT2D eigenvalue weighted by Crippen LogP contribution is 2.37. The molecular formula is C13H19N3S. The van der Waals surface area contributed by atoms with Crippen molar-refractivity contribution in [2.45, 2.75) is 20.3 Å². The Balaban J connectivity index is 2.16. The molecule has 0 saturated carbocycles. The molecule has 0 aromatic heterocycles. The smallest absolute Gasteiger partial charge is 0.0786 e. The van der Waals surface area contributed by atoms with Crippen molar-refractivity contribution in [1.29, 1.82) is 0 Å². The first kappa shape index (κ1) is 12.2. The van der Waals surface area contributed by atoms with Gasteiger partial charge in [0.2, 0.25) is 0 Å².